The highest BCUT2D eigenvalue weighted by Gasteiger charge is 2.11. The predicted octanol–water partition coefficient (Wildman–Crippen LogP) is 3.89. The lowest BCUT2D eigenvalue weighted by Gasteiger charge is -2.12. The van der Waals surface area contributed by atoms with Crippen molar-refractivity contribution < 1.29 is 27.8 Å². The Kier molecular flexibility index (Phi) is 5.52. The van der Waals surface area contributed by atoms with Crippen LogP contribution in [0.2, 0.25) is 0 Å². The lowest BCUT2D eigenvalue weighted by Crippen LogP contribution is -1.97. The maximum atomic E-state index is 13.2. The molecule has 0 aromatic heterocycles. The van der Waals surface area contributed by atoms with Gasteiger partial charge in [-0.05, 0) is 36.4 Å². The summed E-state index contributed by atoms with van der Waals surface area (Å²) in [7, 11) is 4.47. The number of rotatable bonds is 6. The molecule has 0 saturated carbocycles. The lowest BCUT2D eigenvalue weighted by molar-refractivity contribution is 0.104. The Hall–Kier alpha value is -2.89. The summed E-state index contributed by atoms with van der Waals surface area (Å²) in [4.78, 5) is 12.1. The van der Waals surface area contributed by atoms with E-state index in [0.29, 0.717) is 22.8 Å². The Balaban J connectivity index is 2.33. The number of hydrogen-bond acceptors (Lipinski definition) is 4. The van der Waals surface area contributed by atoms with Gasteiger partial charge < -0.3 is 14.2 Å². The number of ether oxygens (including phenoxy) is 3. The molecule has 2 aromatic carbocycles. The molecule has 0 aliphatic carbocycles. The average molecular weight is 334 g/mol. The first kappa shape index (κ1) is 17.5. The molecule has 2 aromatic rings. The van der Waals surface area contributed by atoms with Crippen molar-refractivity contribution in [3.63, 3.8) is 0 Å². The smallest absolute Gasteiger partial charge is 0.185 e. The molecule has 0 aliphatic heterocycles. The van der Waals surface area contributed by atoms with Crippen molar-refractivity contribution in [2.75, 3.05) is 21.3 Å². The van der Waals surface area contributed by atoms with Gasteiger partial charge in [-0.1, -0.05) is 0 Å². The van der Waals surface area contributed by atoms with Crippen molar-refractivity contribution in [2.45, 2.75) is 0 Å². The molecule has 0 unspecified atom stereocenters. The predicted molar refractivity (Wildman–Crippen MR) is 85.8 cm³/mol. The highest BCUT2D eigenvalue weighted by molar-refractivity contribution is 6.07. The molecule has 0 radical (unpaired) electrons. The largest absolute Gasteiger partial charge is 0.496 e. The number of methoxy groups -OCH3 is 3. The van der Waals surface area contributed by atoms with Gasteiger partial charge in [0.15, 0.2) is 28.9 Å². The number of halogens is 2. The van der Waals surface area contributed by atoms with Gasteiger partial charge in [-0.15, -0.1) is 0 Å². The molecule has 4 nitrogen and oxygen atoms in total. The van der Waals surface area contributed by atoms with Crippen LogP contribution in [-0.2, 0) is 0 Å². The third-order valence-electron chi connectivity index (χ3n) is 3.35. The van der Waals surface area contributed by atoms with E-state index in [2.05, 4.69) is 0 Å². The van der Waals surface area contributed by atoms with Gasteiger partial charge in [-0.25, -0.2) is 8.78 Å². The van der Waals surface area contributed by atoms with Crippen molar-refractivity contribution in [1.82, 2.24) is 0 Å². The fourth-order valence-electron chi connectivity index (χ4n) is 2.09. The molecule has 0 heterocycles. The zero-order chi connectivity index (χ0) is 17.7. The van der Waals surface area contributed by atoms with E-state index < -0.39 is 17.4 Å². The van der Waals surface area contributed by atoms with Crippen molar-refractivity contribution >= 4 is 11.9 Å². The SMILES string of the molecule is COc1cc(OC)c(OC)cc1/C=C/C(=O)c1ccc(F)c(F)c1. The third kappa shape index (κ3) is 3.71. The Morgan fingerprint density at radius 3 is 2.08 bits per heavy atom. The molecule has 0 bridgehead atoms. The van der Waals surface area contributed by atoms with Crippen LogP contribution in [-0.4, -0.2) is 27.1 Å². The summed E-state index contributed by atoms with van der Waals surface area (Å²) in [6, 6.07) is 6.26. The molecule has 0 atom stereocenters. The summed E-state index contributed by atoms with van der Waals surface area (Å²) in [6.07, 6.45) is 2.75. The first-order valence-electron chi connectivity index (χ1n) is 6.97. The van der Waals surface area contributed by atoms with Crippen LogP contribution in [0.15, 0.2) is 36.4 Å². The van der Waals surface area contributed by atoms with Crippen LogP contribution in [0.3, 0.4) is 0 Å². The van der Waals surface area contributed by atoms with Crippen molar-refractivity contribution in [1.29, 1.82) is 0 Å². The van der Waals surface area contributed by atoms with Gasteiger partial charge in [0.25, 0.3) is 0 Å². The quantitative estimate of drug-likeness (QED) is 0.594. The van der Waals surface area contributed by atoms with Crippen LogP contribution in [0.4, 0.5) is 8.78 Å². The minimum atomic E-state index is -1.07. The van der Waals surface area contributed by atoms with Gasteiger partial charge in [-0.3, -0.25) is 4.79 Å². The molecule has 0 N–H and O–H groups in total. The molecule has 0 saturated heterocycles. The molecule has 126 valence electrons. The highest BCUT2D eigenvalue weighted by Crippen LogP contribution is 2.35. The molecule has 0 spiro atoms. The van der Waals surface area contributed by atoms with Gasteiger partial charge in [0.2, 0.25) is 0 Å². The second kappa shape index (κ2) is 7.59. The molecule has 0 fully saturated rings. The Morgan fingerprint density at radius 1 is 0.875 bits per heavy atom. The first-order valence-corrected chi connectivity index (χ1v) is 6.97. The summed E-state index contributed by atoms with van der Waals surface area (Å²) >= 11 is 0. The van der Waals surface area contributed by atoms with Crippen LogP contribution in [0.5, 0.6) is 17.2 Å². The number of carbonyl (C=O) groups is 1. The number of carbonyl (C=O) groups excluding carboxylic acids is 1. The van der Waals surface area contributed by atoms with Crippen LogP contribution in [0.25, 0.3) is 6.08 Å². The zero-order valence-electron chi connectivity index (χ0n) is 13.4. The van der Waals surface area contributed by atoms with Crippen molar-refractivity contribution in [3.8, 4) is 17.2 Å². The Labute approximate surface area is 138 Å². The van der Waals surface area contributed by atoms with Gasteiger partial charge in [0, 0.05) is 17.2 Å². The van der Waals surface area contributed by atoms with Crippen molar-refractivity contribution in [3.05, 3.63) is 59.2 Å². The molecule has 6 heteroatoms. The van der Waals surface area contributed by atoms with Crippen LogP contribution >= 0.6 is 0 Å². The topological polar surface area (TPSA) is 44.8 Å². The van der Waals surface area contributed by atoms with E-state index in [0.717, 1.165) is 12.1 Å². The minimum Gasteiger partial charge on any atom is -0.496 e. The summed E-state index contributed by atoms with van der Waals surface area (Å²) < 4.78 is 41.8. The Bertz CT molecular complexity index is 785. The van der Waals surface area contributed by atoms with Crippen LogP contribution in [0.1, 0.15) is 15.9 Å². The number of allylic oxidation sites excluding steroid dienone is 1. The second-order valence-corrected chi connectivity index (χ2v) is 4.78. The van der Waals surface area contributed by atoms with Crippen LogP contribution < -0.4 is 14.2 Å². The van der Waals surface area contributed by atoms with E-state index in [1.165, 1.54) is 39.5 Å². The monoisotopic (exact) mass is 334 g/mol. The zero-order valence-corrected chi connectivity index (χ0v) is 13.4. The van der Waals surface area contributed by atoms with Crippen LogP contribution in [0, 0.1) is 11.6 Å². The summed E-state index contributed by atoms with van der Waals surface area (Å²) in [6.45, 7) is 0. The minimum absolute atomic E-state index is 0.0459. The second-order valence-electron chi connectivity index (χ2n) is 4.78. The number of ketones is 1. The lowest BCUT2D eigenvalue weighted by atomic mass is 10.1. The standard InChI is InChI=1S/C18H16F2O4/c1-22-16-10-18(24-3)17(23-2)9-12(16)5-7-15(21)11-4-6-13(19)14(20)8-11/h4-10H,1-3H3/b7-5+. The van der Waals surface area contributed by atoms with Gasteiger partial charge in [-0.2, -0.15) is 0 Å². The van der Waals surface area contributed by atoms with Gasteiger partial charge in [0.1, 0.15) is 5.75 Å². The Morgan fingerprint density at radius 2 is 1.50 bits per heavy atom. The first-order chi connectivity index (χ1) is 11.5. The average Bonchev–Trinajstić information content (AvgIpc) is 2.60. The fourth-order valence-corrected chi connectivity index (χ4v) is 2.09. The van der Waals surface area contributed by atoms with Crippen molar-refractivity contribution in [2.24, 2.45) is 0 Å². The van der Waals surface area contributed by atoms with Gasteiger partial charge >= 0.3 is 0 Å². The molecule has 0 aliphatic rings. The van der Waals surface area contributed by atoms with E-state index >= 15 is 0 Å². The molecule has 0 amide bonds. The normalized spacial score (nSPS) is 10.7. The summed E-state index contributed by atoms with van der Waals surface area (Å²) in [5.41, 5.74) is 0.621. The number of hydrogen-bond donors (Lipinski definition) is 0. The maximum Gasteiger partial charge on any atom is 0.185 e. The number of benzene rings is 2. The van der Waals surface area contributed by atoms with E-state index in [4.69, 9.17) is 14.2 Å². The fraction of sp³-hybridized carbons (Fsp3) is 0.167. The third-order valence-corrected chi connectivity index (χ3v) is 3.35. The van der Waals surface area contributed by atoms with E-state index in [-0.39, 0.29) is 5.56 Å². The van der Waals surface area contributed by atoms with Gasteiger partial charge in [0.05, 0.1) is 21.3 Å². The summed E-state index contributed by atoms with van der Waals surface area (Å²) in [5, 5.41) is 0. The molecular formula is C18H16F2O4. The molecule has 24 heavy (non-hydrogen) atoms. The highest BCUT2D eigenvalue weighted by atomic mass is 19.2. The van der Waals surface area contributed by atoms with E-state index in [1.807, 2.05) is 0 Å². The molecule has 2 rings (SSSR count). The van der Waals surface area contributed by atoms with E-state index in [9.17, 15) is 13.6 Å². The molecular weight excluding hydrogens is 318 g/mol. The summed E-state index contributed by atoms with van der Waals surface area (Å²) in [5.74, 6) is -1.11. The van der Waals surface area contributed by atoms with E-state index in [1.54, 1.807) is 12.1 Å². The maximum absolute atomic E-state index is 13.2.